The summed E-state index contributed by atoms with van der Waals surface area (Å²) in [6.07, 6.45) is 3.75. The normalized spacial score (nSPS) is 25.7. The van der Waals surface area contributed by atoms with Crippen molar-refractivity contribution in [2.45, 2.75) is 38.0 Å². The molecule has 136 valence electrons. The Labute approximate surface area is 163 Å². The van der Waals surface area contributed by atoms with E-state index in [1.807, 2.05) is 18.3 Å². The molecule has 1 saturated heterocycles. The Kier molecular flexibility index (Phi) is 4.78. The van der Waals surface area contributed by atoms with Crippen molar-refractivity contribution >= 4 is 39.4 Å². The lowest BCUT2D eigenvalue weighted by molar-refractivity contribution is -0.0297. The molecule has 1 fully saturated rings. The molecule has 4 heterocycles. The molecule has 3 N–H and O–H groups in total. The van der Waals surface area contributed by atoms with Crippen LogP contribution in [0.4, 0.5) is 5.82 Å². The molecule has 0 saturated carbocycles. The van der Waals surface area contributed by atoms with Gasteiger partial charge in [0.2, 0.25) is 0 Å². The minimum atomic E-state index is -1.01. The first kappa shape index (κ1) is 17.6. The largest absolute Gasteiger partial charge is 0.388 e. The van der Waals surface area contributed by atoms with Crippen molar-refractivity contribution in [2.24, 2.45) is 0 Å². The van der Waals surface area contributed by atoms with Gasteiger partial charge in [-0.2, -0.15) is 0 Å². The number of hydrogen-bond acceptors (Lipinski definition) is 7. The lowest BCUT2D eigenvalue weighted by Crippen LogP contribution is -2.30. The van der Waals surface area contributed by atoms with E-state index in [-0.39, 0.29) is 0 Å². The van der Waals surface area contributed by atoms with Gasteiger partial charge in [0.25, 0.3) is 0 Å². The summed E-state index contributed by atoms with van der Waals surface area (Å²) in [4.78, 5) is 12.7. The van der Waals surface area contributed by atoms with E-state index in [9.17, 15) is 10.2 Å². The molecule has 4 rings (SSSR count). The summed E-state index contributed by atoms with van der Waals surface area (Å²) in [5.74, 6) is 0.705. The third kappa shape index (κ3) is 3.04. The second-order valence-electron chi connectivity index (χ2n) is 6.23. The third-order valence-electron chi connectivity index (χ3n) is 4.52. The van der Waals surface area contributed by atoms with Crippen molar-refractivity contribution in [3.05, 3.63) is 46.2 Å². The number of anilines is 1. The number of aromatic nitrogens is 4. The summed E-state index contributed by atoms with van der Waals surface area (Å²) in [5, 5.41) is 24.5. The first-order valence-corrected chi connectivity index (χ1v) is 9.29. The fourth-order valence-electron chi connectivity index (χ4n) is 3.11. The number of ether oxygens (including phenoxy) is 1. The fraction of sp³-hybridized carbons (Fsp3) is 0.353. The SMILES string of the molecule is C[C@H]1O[C@@H](n2cc(I)c3c(NCc4ccncc4)ncnc32)[C@H](O)[C@@H]1O. The summed E-state index contributed by atoms with van der Waals surface area (Å²) in [6.45, 7) is 2.34. The minimum Gasteiger partial charge on any atom is -0.388 e. The highest BCUT2D eigenvalue weighted by molar-refractivity contribution is 14.1. The number of hydrogen-bond donors (Lipinski definition) is 3. The van der Waals surface area contributed by atoms with Crippen LogP contribution in [0.15, 0.2) is 37.1 Å². The maximum atomic E-state index is 10.3. The van der Waals surface area contributed by atoms with Crippen LogP contribution in [0.2, 0.25) is 0 Å². The summed E-state index contributed by atoms with van der Waals surface area (Å²) in [6, 6.07) is 3.88. The van der Waals surface area contributed by atoms with E-state index in [0.29, 0.717) is 18.0 Å². The highest BCUT2D eigenvalue weighted by Crippen LogP contribution is 2.35. The highest BCUT2D eigenvalue weighted by atomic mass is 127. The second-order valence-corrected chi connectivity index (χ2v) is 7.39. The maximum absolute atomic E-state index is 10.3. The van der Waals surface area contributed by atoms with Crippen molar-refractivity contribution in [3.63, 3.8) is 0 Å². The summed E-state index contributed by atoms with van der Waals surface area (Å²) >= 11 is 2.21. The fourth-order valence-corrected chi connectivity index (χ4v) is 3.91. The number of halogens is 1. The Balaban J connectivity index is 1.68. The minimum absolute atomic E-state index is 0.448. The molecule has 3 aromatic heterocycles. The molecule has 8 nitrogen and oxygen atoms in total. The Bertz CT molecular complexity index is 919. The van der Waals surface area contributed by atoms with Gasteiger partial charge in [0.05, 0.1) is 11.5 Å². The molecule has 9 heteroatoms. The number of nitrogens with zero attached hydrogens (tertiary/aromatic N) is 4. The van der Waals surface area contributed by atoms with Crippen molar-refractivity contribution in [2.75, 3.05) is 5.32 Å². The molecule has 0 unspecified atom stereocenters. The van der Waals surface area contributed by atoms with Gasteiger partial charge in [-0.25, -0.2) is 9.97 Å². The van der Waals surface area contributed by atoms with E-state index in [2.05, 4.69) is 42.9 Å². The monoisotopic (exact) mass is 467 g/mol. The average molecular weight is 467 g/mol. The third-order valence-corrected chi connectivity index (χ3v) is 5.34. The molecule has 0 spiro atoms. The molecular formula is C17H18IN5O3. The predicted molar refractivity (Wildman–Crippen MR) is 103 cm³/mol. The lowest BCUT2D eigenvalue weighted by atomic mass is 10.1. The number of rotatable bonds is 4. The van der Waals surface area contributed by atoms with E-state index in [4.69, 9.17) is 4.74 Å². The van der Waals surface area contributed by atoms with Crippen LogP contribution >= 0.6 is 22.6 Å². The number of aliphatic hydroxyl groups is 2. The number of nitrogens with one attached hydrogen (secondary N) is 1. The van der Waals surface area contributed by atoms with Gasteiger partial charge in [0, 0.05) is 28.7 Å². The highest BCUT2D eigenvalue weighted by Gasteiger charge is 2.42. The predicted octanol–water partition coefficient (Wildman–Crippen LogP) is 1.68. The summed E-state index contributed by atoms with van der Waals surface area (Å²) in [7, 11) is 0. The van der Waals surface area contributed by atoms with E-state index < -0.39 is 24.5 Å². The van der Waals surface area contributed by atoms with Crippen LogP contribution in [-0.2, 0) is 11.3 Å². The van der Waals surface area contributed by atoms with Crippen LogP contribution in [0.25, 0.3) is 11.0 Å². The molecule has 1 aliphatic heterocycles. The first-order valence-electron chi connectivity index (χ1n) is 8.21. The van der Waals surface area contributed by atoms with Gasteiger partial charge in [0.1, 0.15) is 30.0 Å². The van der Waals surface area contributed by atoms with Crippen LogP contribution in [0, 0.1) is 3.57 Å². The van der Waals surface area contributed by atoms with Gasteiger partial charge in [-0.3, -0.25) is 4.98 Å². The molecule has 3 aromatic rings. The van der Waals surface area contributed by atoms with Crippen LogP contribution in [0.1, 0.15) is 18.7 Å². The van der Waals surface area contributed by atoms with Gasteiger partial charge in [-0.1, -0.05) is 0 Å². The number of pyridine rings is 1. The smallest absolute Gasteiger partial charge is 0.164 e. The van der Waals surface area contributed by atoms with Crippen molar-refractivity contribution in [1.29, 1.82) is 0 Å². The van der Waals surface area contributed by atoms with Gasteiger partial charge in [-0.15, -0.1) is 0 Å². The molecule has 0 radical (unpaired) electrons. The van der Waals surface area contributed by atoms with Crippen molar-refractivity contribution in [1.82, 2.24) is 19.5 Å². The number of fused-ring (bicyclic) bond motifs is 1. The Hall–Kier alpha value is -1.82. The zero-order valence-corrected chi connectivity index (χ0v) is 16.1. The zero-order valence-electron chi connectivity index (χ0n) is 14.0. The Morgan fingerprint density at radius 2 is 2.00 bits per heavy atom. The quantitative estimate of drug-likeness (QED) is 0.502. The van der Waals surface area contributed by atoms with Crippen LogP contribution in [0.5, 0.6) is 0 Å². The number of aliphatic hydroxyl groups excluding tert-OH is 2. The molecule has 0 aromatic carbocycles. The van der Waals surface area contributed by atoms with Crippen LogP contribution in [-0.4, -0.2) is 48.0 Å². The molecule has 0 amide bonds. The first-order chi connectivity index (χ1) is 12.6. The van der Waals surface area contributed by atoms with Crippen molar-refractivity contribution in [3.8, 4) is 0 Å². The zero-order chi connectivity index (χ0) is 18.3. The maximum Gasteiger partial charge on any atom is 0.164 e. The Morgan fingerprint density at radius 3 is 2.69 bits per heavy atom. The van der Waals surface area contributed by atoms with Crippen molar-refractivity contribution < 1.29 is 14.9 Å². The van der Waals surface area contributed by atoms with Gasteiger partial charge in [-0.05, 0) is 47.2 Å². The second kappa shape index (κ2) is 7.06. The molecule has 0 aliphatic carbocycles. The molecule has 1 aliphatic rings. The molecule has 4 atom stereocenters. The molecule has 26 heavy (non-hydrogen) atoms. The summed E-state index contributed by atoms with van der Waals surface area (Å²) in [5.41, 5.74) is 1.74. The van der Waals surface area contributed by atoms with E-state index >= 15 is 0 Å². The van der Waals surface area contributed by atoms with Crippen LogP contribution < -0.4 is 5.32 Å². The van der Waals surface area contributed by atoms with Gasteiger partial charge in [0.15, 0.2) is 6.23 Å². The summed E-state index contributed by atoms with van der Waals surface area (Å²) < 4.78 is 8.42. The van der Waals surface area contributed by atoms with Crippen LogP contribution in [0.3, 0.4) is 0 Å². The van der Waals surface area contributed by atoms with Gasteiger partial charge < -0.3 is 24.8 Å². The van der Waals surface area contributed by atoms with E-state index in [1.165, 1.54) is 6.33 Å². The lowest BCUT2D eigenvalue weighted by Gasteiger charge is -2.17. The Morgan fingerprint density at radius 1 is 1.23 bits per heavy atom. The molecular weight excluding hydrogens is 449 g/mol. The topological polar surface area (TPSA) is 105 Å². The van der Waals surface area contributed by atoms with E-state index in [1.54, 1.807) is 23.9 Å². The van der Waals surface area contributed by atoms with Gasteiger partial charge >= 0.3 is 0 Å². The van der Waals surface area contributed by atoms with E-state index in [0.717, 1.165) is 14.5 Å². The standard InChI is InChI=1S/C17H18IN5O3/c1-9-13(24)14(25)17(26-9)23-7-11(18)12-15(21-8-22-16(12)23)20-6-10-2-4-19-5-3-10/h2-5,7-9,13-14,17,24-25H,6H2,1H3,(H,20,21,22)/t9-,13-,14-,17-/m1/s1. The molecule has 0 bridgehead atoms. The average Bonchev–Trinajstić information content (AvgIpc) is 3.13.